The summed E-state index contributed by atoms with van der Waals surface area (Å²) in [5, 5.41) is 19.8. The molecule has 3 rings (SSSR count). The number of nitrogens with zero attached hydrogens (tertiary/aromatic N) is 1. The Balaban J connectivity index is 1.91. The largest absolute Gasteiger partial charge is 0.476 e. The summed E-state index contributed by atoms with van der Waals surface area (Å²) in [7, 11) is -3.86. The van der Waals surface area contributed by atoms with E-state index in [1.807, 2.05) is 0 Å². The fourth-order valence-electron chi connectivity index (χ4n) is 2.40. The van der Waals surface area contributed by atoms with Gasteiger partial charge in [0.2, 0.25) is 10.0 Å². The lowest BCUT2D eigenvalue weighted by Crippen LogP contribution is -2.23. The highest BCUT2D eigenvalue weighted by molar-refractivity contribution is 7.89. The summed E-state index contributed by atoms with van der Waals surface area (Å²) < 4.78 is 27.8. The number of aromatic carboxylic acids is 1. The number of benzene rings is 2. The van der Waals surface area contributed by atoms with Crippen LogP contribution in [0.5, 0.6) is 0 Å². The minimum absolute atomic E-state index is 0.0431. The number of carbonyl (C=O) groups is 1. The Labute approximate surface area is 148 Å². The summed E-state index contributed by atoms with van der Waals surface area (Å²) >= 11 is 5.87. The Morgan fingerprint density at radius 3 is 2.60 bits per heavy atom. The van der Waals surface area contributed by atoms with Gasteiger partial charge < -0.3 is 10.3 Å². The van der Waals surface area contributed by atoms with Gasteiger partial charge in [0.05, 0.1) is 10.4 Å². The first kappa shape index (κ1) is 17.3. The number of fused-ring (bicyclic) bond motifs is 1. The molecule has 0 saturated heterocycles. The standard InChI is InChI=1S/C16H13ClN2O5S/c17-12-3-1-2-10(6-12)9-18-25(23,24)13-5-4-11-7-15(16(20)21)19(22)14(11)8-13/h1-8,18,22H,9H2,(H,20,21). The molecule has 0 bridgehead atoms. The lowest BCUT2D eigenvalue weighted by Gasteiger charge is -2.08. The van der Waals surface area contributed by atoms with E-state index >= 15 is 0 Å². The topological polar surface area (TPSA) is 109 Å². The van der Waals surface area contributed by atoms with E-state index in [0.717, 1.165) is 0 Å². The van der Waals surface area contributed by atoms with Gasteiger partial charge in [-0.15, -0.1) is 0 Å². The Hall–Kier alpha value is -2.55. The number of aromatic nitrogens is 1. The van der Waals surface area contributed by atoms with Gasteiger partial charge in [-0.25, -0.2) is 17.9 Å². The van der Waals surface area contributed by atoms with E-state index in [9.17, 15) is 18.4 Å². The monoisotopic (exact) mass is 380 g/mol. The molecule has 0 amide bonds. The summed E-state index contributed by atoms with van der Waals surface area (Å²) in [5.41, 5.74) is 0.426. The number of rotatable bonds is 5. The fourth-order valence-corrected chi connectivity index (χ4v) is 3.65. The third-order valence-electron chi connectivity index (χ3n) is 3.64. The van der Waals surface area contributed by atoms with Crippen LogP contribution in [0, 0.1) is 0 Å². The van der Waals surface area contributed by atoms with E-state index in [1.54, 1.807) is 24.3 Å². The van der Waals surface area contributed by atoms with Crippen molar-refractivity contribution in [1.82, 2.24) is 9.45 Å². The molecule has 25 heavy (non-hydrogen) atoms. The zero-order chi connectivity index (χ0) is 18.2. The Morgan fingerprint density at radius 2 is 1.92 bits per heavy atom. The third kappa shape index (κ3) is 3.46. The van der Waals surface area contributed by atoms with Crippen LogP contribution < -0.4 is 4.72 Å². The van der Waals surface area contributed by atoms with E-state index in [0.29, 0.717) is 20.7 Å². The third-order valence-corrected chi connectivity index (χ3v) is 5.27. The molecule has 3 N–H and O–H groups in total. The van der Waals surface area contributed by atoms with E-state index in [-0.39, 0.29) is 22.7 Å². The Kier molecular flexibility index (Phi) is 4.42. The molecular formula is C16H13ClN2O5S. The van der Waals surface area contributed by atoms with Crippen LogP contribution in [-0.4, -0.2) is 29.4 Å². The number of halogens is 1. The summed E-state index contributed by atoms with van der Waals surface area (Å²) in [4.78, 5) is 10.9. The molecule has 0 atom stereocenters. The molecular weight excluding hydrogens is 368 g/mol. The van der Waals surface area contributed by atoms with Crippen molar-refractivity contribution >= 4 is 38.5 Å². The number of nitrogens with one attached hydrogen (secondary N) is 1. The number of sulfonamides is 1. The van der Waals surface area contributed by atoms with E-state index in [4.69, 9.17) is 16.7 Å². The molecule has 7 nitrogen and oxygen atoms in total. The normalized spacial score (nSPS) is 11.7. The van der Waals surface area contributed by atoms with Gasteiger partial charge in [-0.1, -0.05) is 29.8 Å². The molecule has 9 heteroatoms. The highest BCUT2D eigenvalue weighted by Crippen LogP contribution is 2.22. The van der Waals surface area contributed by atoms with Crippen molar-refractivity contribution in [3.05, 3.63) is 64.8 Å². The highest BCUT2D eigenvalue weighted by atomic mass is 35.5. The minimum Gasteiger partial charge on any atom is -0.476 e. The molecule has 0 saturated carbocycles. The van der Waals surface area contributed by atoms with Crippen LogP contribution in [0.25, 0.3) is 10.9 Å². The molecule has 2 aromatic carbocycles. The lowest BCUT2D eigenvalue weighted by atomic mass is 10.2. The van der Waals surface area contributed by atoms with Crippen molar-refractivity contribution in [2.45, 2.75) is 11.4 Å². The van der Waals surface area contributed by atoms with Gasteiger partial charge in [0.25, 0.3) is 0 Å². The fraction of sp³-hybridized carbons (Fsp3) is 0.0625. The summed E-state index contributed by atoms with van der Waals surface area (Å²) in [6, 6.07) is 12.0. The van der Waals surface area contributed by atoms with Gasteiger partial charge in [0.15, 0.2) is 5.69 Å². The number of carboxylic acid groups (broad SMARTS) is 1. The van der Waals surface area contributed by atoms with Gasteiger partial charge in [0.1, 0.15) is 0 Å². The van der Waals surface area contributed by atoms with Gasteiger partial charge in [0, 0.05) is 17.0 Å². The van der Waals surface area contributed by atoms with Gasteiger partial charge in [-0.3, -0.25) is 0 Å². The first-order valence-electron chi connectivity index (χ1n) is 7.10. The zero-order valence-electron chi connectivity index (χ0n) is 12.7. The molecule has 3 aromatic rings. The predicted octanol–water partition coefficient (Wildman–Crippen LogP) is 2.71. The predicted molar refractivity (Wildman–Crippen MR) is 91.6 cm³/mol. The molecule has 0 unspecified atom stereocenters. The van der Waals surface area contributed by atoms with Crippen LogP contribution in [0.4, 0.5) is 0 Å². The lowest BCUT2D eigenvalue weighted by molar-refractivity contribution is 0.0649. The molecule has 0 aliphatic heterocycles. The first-order chi connectivity index (χ1) is 11.8. The van der Waals surface area contributed by atoms with Crippen molar-refractivity contribution in [3.63, 3.8) is 0 Å². The number of hydrogen-bond donors (Lipinski definition) is 3. The molecule has 0 fully saturated rings. The second-order valence-electron chi connectivity index (χ2n) is 5.32. The smallest absolute Gasteiger partial charge is 0.356 e. The van der Waals surface area contributed by atoms with Crippen LogP contribution >= 0.6 is 11.6 Å². The summed E-state index contributed by atoms with van der Waals surface area (Å²) in [6.07, 6.45) is 0. The van der Waals surface area contributed by atoms with Crippen LogP contribution in [0.3, 0.4) is 0 Å². The molecule has 1 aromatic heterocycles. The molecule has 130 valence electrons. The van der Waals surface area contributed by atoms with Crippen molar-refractivity contribution in [1.29, 1.82) is 0 Å². The maximum absolute atomic E-state index is 12.4. The molecule has 0 radical (unpaired) electrons. The van der Waals surface area contributed by atoms with Crippen LogP contribution in [0.1, 0.15) is 16.1 Å². The second kappa shape index (κ2) is 6.40. The van der Waals surface area contributed by atoms with Crippen molar-refractivity contribution in [3.8, 4) is 0 Å². The Bertz CT molecular complexity index is 1080. The average Bonchev–Trinajstić information content (AvgIpc) is 2.90. The molecule has 0 spiro atoms. The van der Waals surface area contributed by atoms with Gasteiger partial charge in [-0.05, 0) is 35.9 Å². The first-order valence-corrected chi connectivity index (χ1v) is 8.96. The molecule has 1 heterocycles. The van der Waals surface area contributed by atoms with Crippen molar-refractivity contribution < 1.29 is 23.5 Å². The Morgan fingerprint density at radius 1 is 1.16 bits per heavy atom. The highest BCUT2D eigenvalue weighted by Gasteiger charge is 2.19. The van der Waals surface area contributed by atoms with E-state index < -0.39 is 16.0 Å². The van der Waals surface area contributed by atoms with E-state index in [1.165, 1.54) is 24.3 Å². The minimum atomic E-state index is -3.86. The SMILES string of the molecule is O=C(O)c1cc2ccc(S(=O)(=O)NCc3cccc(Cl)c3)cc2n1O. The van der Waals surface area contributed by atoms with Crippen LogP contribution in [0.2, 0.25) is 5.02 Å². The van der Waals surface area contributed by atoms with Crippen LogP contribution in [0.15, 0.2) is 53.4 Å². The quantitative estimate of drug-likeness (QED) is 0.590. The molecule has 0 aliphatic rings. The number of carboxylic acids is 1. The second-order valence-corrected chi connectivity index (χ2v) is 7.53. The average molecular weight is 381 g/mol. The zero-order valence-corrected chi connectivity index (χ0v) is 14.3. The summed E-state index contributed by atoms with van der Waals surface area (Å²) in [6.45, 7) is 0.0431. The number of hydrogen-bond acceptors (Lipinski definition) is 4. The van der Waals surface area contributed by atoms with Crippen LogP contribution in [-0.2, 0) is 16.6 Å². The maximum Gasteiger partial charge on any atom is 0.356 e. The van der Waals surface area contributed by atoms with Gasteiger partial charge >= 0.3 is 5.97 Å². The van der Waals surface area contributed by atoms with Crippen molar-refractivity contribution in [2.75, 3.05) is 0 Å². The van der Waals surface area contributed by atoms with Crippen molar-refractivity contribution in [2.24, 2.45) is 0 Å². The maximum atomic E-state index is 12.4. The van der Waals surface area contributed by atoms with E-state index in [2.05, 4.69) is 4.72 Å². The molecule has 0 aliphatic carbocycles. The summed E-state index contributed by atoms with van der Waals surface area (Å²) in [5.74, 6) is -1.32. The van der Waals surface area contributed by atoms with Gasteiger partial charge in [-0.2, -0.15) is 4.73 Å².